The summed E-state index contributed by atoms with van der Waals surface area (Å²) in [5.41, 5.74) is -0.588. The first-order chi connectivity index (χ1) is 11.7. The smallest absolute Gasteiger partial charge is 0.410 e. The van der Waals surface area contributed by atoms with Gasteiger partial charge in [0.2, 0.25) is 0 Å². The number of amides is 1. The third-order valence-corrected chi connectivity index (χ3v) is 5.08. The van der Waals surface area contributed by atoms with Crippen molar-refractivity contribution < 1.29 is 13.9 Å². The molecule has 138 valence electrons. The molecule has 3 heterocycles. The Morgan fingerprint density at radius 1 is 1.36 bits per heavy atom. The van der Waals surface area contributed by atoms with Gasteiger partial charge in [0.15, 0.2) is 11.0 Å². The molecule has 2 bridgehead atoms. The normalized spacial score (nSPS) is 28.8. The largest absolute Gasteiger partial charge is 0.444 e. The summed E-state index contributed by atoms with van der Waals surface area (Å²) >= 11 is 5.77. The van der Waals surface area contributed by atoms with Gasteiger partial charge < -0.3 is 9.64 Å². The average molecular weight is 371 g/mol. The molecule has 1 amide bonds. The molecule has 0 N–H and O–H groups in total. The van der Waals surface area contributed by atoms with Crippen molar-refractivity contribution in [2.75, 3.05) is 11.9 Å². The highest BCUT2D eigenvalue weighted by molar-refractivity contribution is 6.29. The van der Waals surface area contributed by atoms with Crippen LogP contribution in [0.1, 0.15) is 40.0 Å². The number of carbonyl (C=O) groups excluding carboxylic acids is 1. The lowest BCUT2D eigenvalue weighted by Gasteiger charge is -2.44. The van der Waals surface area contributed by atoms with Crippen LogP contribution in [-0.4, -0.2) is 58.1 Å². The zero-order valence-corrected chi connectivity index (χ0v) is 15.7. The lowest BCUT2D eigenvalue weighted by Crippen LogP contribution is -2.59. The summed E-state index contributed by atoms with van der Waals surface area (Å²) in [7, 11) is 1.80. The van der Waals surface area contributed by atoms with Gasteiger partial charge in [0, 0.05) is 13.1 Å². The minimum atomic E-state index is -1.17. The molecule has 2 aliphatic heterocycles. The molecular weight excluding hydrogens is 347 g/mol. The van der Waals surface area contributed by atoms with Crippen LogP contribution in [-0.2, 0) is 4.74 Å². The number of rotatable bonds is 2. The minimum absolute atomic E-state index is 0.0143. The number of alkyl halides is 1. The molecule has 0 unspecified atom stereocenters. The molecule has 4 atom stereocenters. The molecule has 0 aromatic carbocycles. The number of nitrogens with zero attached hydrogens (tertiary/aromatic N) is 4. The maximum atomic E-state index is 15.2. The second-order valence-electron chi connectivity index (χ2n) is 7.76. The van der Waals surface area contributed by atoms with E-state index in [1.54, 1.807) is 29.0 Å². The van der Waals surface area contributed by atoms with Crippen LogP contribution in [0.4, 0.5) is 15.0 Å². The van der Waals surface area contributed by atoms with Crippen LogP contribution in [0, 0.1) is 0 Å². The fraction of sp³-hybridized carbons (Fsp3) is 0.706. The predicted octanol–water partition coefficient (Wildman–Crippen LogP) is 3.44. The number of ether oxygens (including phenoxy) is 1. The summed E-state index contributed by atoms with van der Waals surface area (Å²) in [5, 5.41) is 8.16. The van der Waals surface area contributed by atoms with Gasteiger partial charge in [0.25, 0.3) is 0 Å². The first-order valence-corrected chi connectivity index (χ1v) is 8.92. The maximum absolute atomic E-state index is 15.2. The van der Waals surface area contributed by atoms with Gasteiger partial charge in [-0.2, -0.15) is 0 Å². The van der Waals surface area contributed by atoms with Crippen LogP contribution in [0.25, 0.3) is 0 Å². The molecule has 0 saturated carbocycles. The van der Waals surface area contributed by atoms with E-state index in [2.05, 4.69) is 10.2 Å². The highest BCUT2D eigenvalue weighted by Crippen LogP contribution is 2.40. The summed E-state index contributed by atoms with van der Waals surface area (Å²) in [6, 6.07) is 2.54. The average Bonchev–Trinajstić information content (AvgIpc) is 2.87. The van der Waals surface area contributed by atoms with Crippen molar-refractivity contribution in [3.05, 3.63) is 17.3 Å². The van der Waals surface area contributed by atoms with E-state index < -0.39 is 23.9 Å². The van der Waals surface area contributed by atoms with E-state index in [1.165, 1.54) is 0 Å². The van der Waals surface area contributed by atoms with Crippen molar-refractivity contribution >= 4 is 23.5 Å². The lowest BCUT2D eigenvalue weighted by atomic mass is 9.94. The van der Waals surface area contributed by atoms with Crippen molar-refractivity contribution in [1.82, 2.24) is 15.1 Å². The summed E-state index contributed by atoms with van der Waals surface area (Å²) in [4.78, 5) is 15.9. The number of carbonyl (C=O) groups is 1. The second kappa shape index (κ2) is 6.59. The van der Waals surface area contributed by atoms with Crippen molar-refractivity contribution in [1.29, 1.82) is 0 Å². The van der Waals surface area contributed by atoms with Gasteiger partial charge in [-0.3, -0.25) is 4.90 Å². The van der Waals surface area contributed by atoms with Crippen LogP contribution in [0.2, 0.25) is 5.15 Å². The Labute approximate surface area is 152 Å². The maximum Gasteiger partial charge on any atom is 0.410 e. The molecule has 0 aliphatic carbocycles. The van der Waals surface area contributed by atoms with Crippen LogP contribution in [0.5, 0.6) is 0 Å². The summed E-state index contributed by atoms with van der Waals surface area (Å²) < 4.78 is 20.7. The molecule has 2 fully saturated rings. The number of hydrogen-bond donors (Lipinski definition) is 0. The molecular formula is C17H24ClFN4O2. The van der Waals surface area contributed by atoms with Crippen LogP contribution >= 0.6 is 11.6 Å². The van der Waals surface area contributed by atoms with Gasteiger partial charge in [-0.1, -0.05) is 11.6 Å². The number of piperidine rings is 1. The molecule has 1 aromatic rings. The van der Waals surface area contributed by atoms with Crippen molar-refractivity contribution in [3.8, 4) is 0 Å². The first kappa shape index (κ1) is 18.2. The monoisotopic (exact) mass is 370 g/mol. The van der Waals surface area contributed by atoms with Crippen molar-refractivity contribution in [3.63, 3.8) is 0 Å². The standard InChI is InChI=1S/C17H24ClFN4O2/c1-17(2,3)25-16(24)23-10-5-6-11(23)15(19)12(9-10)22(4)14-8-7-13(18)20-21-14/h7-8,10-12,15H,5-6,9H2,1-4H3/t10-,11+,12+,15-/m0/s1. The highest BCUT2D eigenvalue weighted by Gasteiger charge is 2.52. The molecule has 1 aromatic heterocycles. The van der Waals surface area contributed by atoms with E-state index in [0.717, 1.165) is 6.42 Å². The fourth-order valence-corrected chi connectivity index (χ4v) is 3.86. The van der Waals surface area contributed by atoms with E-state index in [1.807, 2.05) is 20.8 Å². The van der Waals surface area contributed by atoms with Gasteiger partial charge in [-0.25, -0.2) is 9.18 Å². The number of fused-ring (bicyclic) bond motifs is 2. The predicted molar refractivity (Wildman–Crippen MR) is 93.6 cm³/mol. The third kappa shape index (κ3) is 3.66. The van der Waals surface area contributed by atoms with Crippen molar-refractivity contribution in [2.45, 2.75) is 69.9 Å². The Kier molecular flexibility index (Phi) is 4.79. The molecule has 0 radical (unpaired) electrons. The van der Waals surface area contributed by atoms with Gasteiger partial charge in [-0.05, 0) is 52.2 Å². The summed E-state index contributed by atoms with van der Waals surface area (Å²) in [6.45, 7) is 5.46. The molecule has 2 saturated heterocycles. The zero-order chi connectivity index (χ0) is 18.4. The highest BCUT2D eigenvalue weighted by atomic mass is 35.5. The fourth-order valence-electron chi connectivity index (χ4n) is 3.76. The van der Waals surface area contributed by atoms with E-state index >= 15 is 4.39 Å². The SMILES string of the molecule is CN(c1ccc(Cl)nn1)[C@@H]1C[C@@H]2CC[C@H]([C@@H]1F)N2C(=O)OC(C)(C)C. The molecule has 8 heteroatoms. The van der Waals surface area contributed by atoms with Crippen LogP contribution in [0.15, 0.2) is 12.1 Å². The van der Waals surface area contributed by atoms with Crippen LogP contribution < -0.4 is 4.90 Å². The topological polar surface area (TPSA) is 58.6 Å². The van der Waals surface area contributed by atoms with Gasteiger partial charge >= 0.3 is 6.09 Å². The quantitative estimate of drug-likeness (QED) is 0.798. The van der Waals surface area contributed by atoms with Crippen LogP contribution in [0.3, 0.4) is 0 Å². The molecule has 3 rings (SSSR count). The van der Waals surface area contributed by atoms with E-state index in [9.17, 15) is 4.79 Å². The van der Waals surface area contributed by atoms with Gasteiger partial charge in [0.05, 0.1) is 12.1 Å². The Morgan fingerprint density at radius 2 is 2.08 bits per heavy atom. The number of aromatic nitrogens is 2. The zero-order valence-electron chi connectivity index (χ0n) is 14.9. The van der Waals surface area contributed by atoms with E-state index in [0.29, 0.717) is 23.8 Å². The number of anilines is 1. The number of halogens is 2. The van der Waals surface area contributed by atoms with Gasteiger partial charge in [-0.15, -0.1) is 10.2 Å². The molecule has 6 nitrogen and oxygen atoms in total. The summed E-state index contributed by atoms with van der Waals surface area (Å²) in [5.74, 6) is 0.571. The Bertz CT molecular complexity index is 637. The Balaban J connectivity index is 1.76. The van der Waals surface area contributed by atoms with Crippen molar-refractivity contribution in [2.24, 2.45) is 0 Å². The van der Waals surface area contributed by atoms with E-state index in [4.69, 9.17) is 16.3 Å². The number of hydrogen-bond acceptors (Lipinski definition) is 5. The molecule has 25 heavy (non-hydrogen) atoms. The van der Waals surface area contributed by atoms with Gasteiger partial charge in [0.1, 0.15) is 11.8 Å². The third-order valence-electron chi connectivity index (χ3n) is 4.88. The minimum Gasteiger partial charge on any atom is -0.444 e. The second-order valence-corrected chi connectivity index (χ2v) is 8.15. The first-order valence-electron chi connectivity index (χ1n) is 8.55. The summed E-state index contributed by atoms with van der Waals surface area (Å²) in [6.07, 6.45) is 0.393. The Morgan fingerprint density at radius 3 is 2.68 bits per heavy atom. The molecule has 0 spiro atoms. The van der Waals surface area contributed by atoms with E-state index in [-0.39, 0.29) is 12.1 Å². The lowest BCUT2D eigenvalue weighted by molar-refractivity contribution is -0.0104. The Hall–Kier alpha value is -1.63. The molecule has 2 aliphatic rings.